The number of pyridine rings is 1. The molecule has 1 aliphatic carbocycles. The molecule has 43 heavy (non-hydrogen) atoms. The zero-order chi connectivity index (χ0) is 29.0. The third-order valence-electron chi connectivity index (χ3n) is 8.65. The number of benzene rings is 5. The van der Waals surface area contributed by atoms with Gasteiger partial charge in [-0.15, -0.1) is 0 Å². The van der Waals surface area contributed by atoms with Gasteiger partial charge < -0.3 is 0 Å². The summed E-state index contributed by atoms with van der Waals surface area (Å²) in [6, 6.07) is 48.7. The molecule has 7 aromatic rings. The summed E-state index contributed by atoms with van der Waals surface area (Å²) in [5.74, 6) is 0.717. The molecule has 0 N–H and O–H groups in total. The van der Waals surface area contributed by atoms with Gasteiger partial charge in [0.25, 0.3) is 0 Å². The zero-order valence-corrected chi connectivity index (χ0v) is 24.1. The molecule has 8 rings (SSSR count). The van der Waals surface area contributed by atoms with E-state index >= 15 is 0 Å². The normalized spacial score (nSPS) is 13.1. The lowest BCUT2D eigenvalue weighted by Crippen LogP contribution is -2.16. The van der Waals surface area contributed by atoms with Crippen molar-refractivity contribution in [3.63, 3.8) is 0 Å². The number of para-hydroxylation sites is 1. The van der Waals surface area contributed by atoms with Crippen LogP contribution >= 0.6 is 0 Å². The molecule has 0 atom stereocenters. The Morgan fingerprint density at radius 1 is 0.488 bits per heavy atom. The highest BCUT2D eigenvalue weighted by atomic mass is 14.9. The molecule has 0 fully saturated rings. The predicted octanol–water partition coefficient (Wildman–Crippen LogP) is 10.00. The van der Waals surface area contributed by atoms with E-state index in [2.05, 4.69) is 129 Å². The van der Waals surface area contributed by atoms with Crippen molar-refractivity contribution in [1.82, 2.24) is 15.0 Å². The fraction of sp³-hybridized carbons (Fsp3) is 0.0750. The molecular weight excluding hydrogens is 522 g/mol. The first kappa shape index (κ1) is 25.3. The maximum Gasteiger partial charge on any atom is 0.160 e. The van der Waals surface area contributed by atoms with Gasteiger partial charge in [0.15, 0.2) is 5.82 Å². The molecule has 2 aromatic heterocycles. The van der Waals surface area contributed by atoms with E-state index in [1.54, 1.807) is 0 Å². The number of nitrogens with zero attached hydrogens (tertiary/aromatic N) is 3. The standard InChI is InChI=1S/C40H29N3/c1-40(2)32-22-11-9-20-30(32)38-37(40)36(31-21-10-12-23-33(31)41-38)29-19-13-18-28(24-29)35-25-34(26-14-5-3-6-15-26)42-39(43-35)27-16-7-4-8-17-27/h3-25H,1-2H3. The Morgan fingerprint density at radius 2 is 1.09 bits per heavy atom. The highest BCUT2D eigenvalue weighted by Gasteiger charge is 2.39. The topological polar surface area (TPSA) is 38.7 Å². The van der Waals surface area contributed by atoms with Crippen molar-refractivity contribution < 1.29 is 0 Å². The van der Waals surface area contributed by atoms with Gasteiger partial charge in [-0.2, -0.15) is 0 Å². The highest BCUT2D eigenvalue weighted by Crippen LogP contribution is 2.53. The number of aromatic nitrogens is 3. The first-order valence-electron chi connectivity index (χ1n) is 14.7. The van der Waals surface area contributed by atoms with Crippen molar-refractivity contribution in [2.45, 2.75) is 19.3 Å². The molecule has 3 nitrogen and oxygen atoms in total. The SMILES string of the molecule is CC1(C)c2ccccc2-c2nc3ccccc3c(-c3cccc(-c4cc(-c5ccccc5)nc(-c5ccccc5)n4)c3)c21. The van der Waals surface area contributed by atoms with Gasteiger partial charge in [-0.05, 0) is 40.5 Å². The fourth-order valence-corrected chi connectivity index (χ4v) is 6.59. The van der Waals surface area contributed by atoms with E-state index in [9.17, 15) is 0 Å². The van der Waals surface area contributed by atoms with Gasteiger partial charge in [0.05, 0.1) is 22.6 Å². The highest BCUT2D eigenvalue weighted by molar-refractivity contribution is 6.02. The van der Waals surface area contributed by atoms with E-state index < -0.39 is 0 Å². The van der Waals surface area contributed by atoms with Gasteiger partial charge in [0, 0.05) is 33.1 Å². The first-order valence-corrected chi connectivity index (χ1v) is 14.7. The minimum atomic E-state index is -0.190. The molecule has 0 radical (unpaired) electrons. The monoisotopic (exact) mass is 551 g/mol. The molecule has 2 heterocycles. The molecular formula is C40H29N3. The fourth-order valence-electron chi connectivity index (χ4n) is 6.59. The Morgan fingerprint density at radius 3 is 1.88 bits per heavy atom. The Balaban J connectivity index is 1.36. The second-order valence-corrected chi connectivity index (χ2v) is 11.7. The molecule has 5 aromatic carbocycles. The van der Waals surface area contributed by atoms with E-state index in [0.29, 0.717) is 5.82 Å². The van der Waals surface area contributed by atoms with Crippen LogP contribution in [-0.4, -0.2) is 15.0 Å². The van der Waals surface area contributed by atoms with Crippen LogP contribution < -0.4 is 0 Å². The van der Waals surface area contributed by atoms with Crippen molar-refractivity contribution in [2.75, 3.05) is 0 Å². The smallest absolute Gasteiger partial charge is 0.160 e. The van der Waals surface area contributed by atoms with Gasteiger partial charge in [0.1, 0.15) is 0 Å². The minimum absolute atomic E-state index is 0.190. The Labute approximate surface area is 251 Å². The van der Waals surface area contributed by atoms with E-state index in [1.807, 2.05) is 24.3 Å². The van der Waals surface area contributed by atoms with Crippen molar-refractivity contribution in [2.24, 2.45) is 0 Å². The van der Waals surface area contributed by atoms with E-state index in [4.69, 9.17) is 15.0 Å². The number of hydrogen-bond acceptors (Lipinski definition) is 3. The van der Waals surface area contributed by atoms with E-state index in [0.717, 1.165) is 50.2 Å². The van der Waals surface area contributed by atoms with E-state index in [-0.39, 0.29) is 5.41 Å². The molecule has 0 bridgehead atoms. The molecule has 1 aliphatic rings. The molecule has 204 valence electrons. The maximum absolute atomic E-state index is 5.23. The van der Waals surface area contributed by atoms with Crippen LogP contribution in [0.2, 0.25) is 0 Å². The lowest BCUT2D eigenvalue weighted by Gasteiger charge is -2.25. The largest absolute Gasteiger partial charge is 0.247 e. The van der Waals surface area contributed by atoms with Crippen LogP contribution in [0.1, 0.15) is 25.0 Å². The quantitative estimate of drug-likeness (QED) is 0.218. The van der Waals surface area contributed by atoms with Crippen molar-refractivity contribution in [1.29, 1.82) is 0 Å². The molecule has 0 amide bonds. The minimum Gasteiger partial charge on any atom is -0.247 e. The van der Waals surface area contributed by atoms with Gasteiger partial charge in [-0.25, -0.2) is 15.0 Å². The summed E-state index contributed by atoms with van der Waals surface area (Å²) in [7, 11) is 0. The molecule has 0 unspecified atom stereocenters. The van der Waals surface area contributed by atoms with Gasteiger partial charge in [0.2, 0.25) is 0 Å². The number of fused-ring (bicyclic) bond motifs is 4. The molecule has 0 saturated carbocycles. The van der Waals surface area contributed by atoms with Crippen molar-refractivity contribution >= 4 is 10.9 Å². The van der Waals surface area contributed by atoms with Gasteiger partial charge in [-0.3, -0.25) is 0 Å². The summed E-state index contributed by atoms with van der Waals surface area (Å²) < 4.78 is 0. The van der Waals surface area contributed by atoms with Crippen LogP contribution in [0.4, 0.5) is 0 Å². The van der Waals surface area contributed by atoms with E-state index in [1.165, 1.54) is 22.3 Å². The summed E-state index contributed by atoms with van der Waals surface area (Å²) in [4.78, 5) is 15.3. The maximum atomic E-state index is 5.23. The third-order valence-corrected chi connectivity index (χ3v) is 8.65. The Hall–Kier alpha value is -5.41. The Bertz CT molecular complexity index is 2090. The van der Waals surface area contributed by atoms with Crippen LogP contribution in [0.15, 0.2) is 140 Å². The molecule has 0 aliphatic heterocycles. The van der Waals surface area contributed by atoms with Gasteiger partial charge >= 0.3 is 0 Å². The summed E-state index contributed by atoms with van der Waals surface area (Å²) in [6.45, 7) is 4.65. The summed E-state index contributed by atoms with van der Waals surface area (Å²) >= 11 is 0. The predicted molar refractivity (Wildman–Crippen MR) is 177 cm³/mol. The number of rotatable bonds is 4. The summed E-state index contributed by atoms with van der Waals surface area (Å²) in [5, 5.41) is 1.16. The first-order chi connectivity index (χ1) is 21.1. The molecule has 0 saturated heterocycles. The Kier molecular flexibility index (Phi) is 5.80. The third kappa shape index (κ3) is 4.16. The average molecular weight is 552 g/mol. The van der Waals surface area contributed by atoms with Crippen molar-refractivity contribution in [3.05, 3.63) is 151 Å². The van der Waals surface area contributed by atoms with Gasteiger partial charge in [-0.1, -0.05) is 135 Å². The van der Waals surface area contributed by atoms with Crippen LogP contribution in [0, 0.1) is 0 Å². The van der Waals surface area contributed by atoms with Crippen LogP contribution in [0.25, 0.3) is 67.2 Å². The van der Waals surface area contributed by atoms with Crippen LogP contribution in [0.5, 0.6) is 0 Å². The molecule has 0 spiro atoms. The summed E-state index contributed by atoms with van der Waals surface area (Å²) in [6.07, 6.45) is 0. The van der Waals surface area contributed by atoms with Crippen LogP contribution in [0.3, 0.4) is 0 Å². The lowest BCUT2D eigenvalue weighted by molar-refractivity contribution is 0.662. The second kappa shape index (κ2) is 9.85. The zero-order valence-electron chi connectivity index (χ0n) is 24.1. The summed E-state index contributed by atoms with van der Waals surface area (Å²) in [5.41, 5.74) is 13.0. The molecule has 3 heteroatoms. The van der Waals surface area contributed by atoms with Crippen LogP contribution in [-0.2, 0) is 5.41 Å². The lowest BCUT2D eigenvalue weighted by atomic mass is 9.78. The van der Waals surface area contributed by atoms with Crippen molar-refractivity contribution in [3.8, 4) is 56.3 Å². The average Bonchev–Trinajstić information content (AvgIpc) is 3.30. The number of hydrogen-bond donors (Lipinski definition) is 0. The second-order valence-electron chi connectivity index (χ2n) is 11.7.